The Balaban J connectivity index is 1.79. The van der Waals surface area contributed by atoms with Gasteiger partial charge in [0.15, 0.2) is 0 Å². The van der Waals surface area contributed by atoms with Gasteiger partial charge in [-0.3, -0.25) is 4.98 Å². The fourth-order valence-corrected chi connectivity index (χ4v) is 4.35. The maximum Gasteiger partial charge on any atom is 0.332 e. The summed E-state index contributed by atoms with van der Waals surface area (Å²) in [5.74, 6) is 0. The van der Waals surface area contributed by atoms with Crippen molar-refractivity contribution in [3.05, 3.63) is 71.4 Å². The third kappa shape index (κ3) is 4.21. The molecule has 1 aliphatic carbocycles. The largest absolute Gasteiger partial charge is 0.332 e. The maximum absolute atomic E-state index is 12.3. The summed E-state index contributed by atoms with van der Waals surface area (Å²) in [6.07, 6.45) is 5.51. The van der Waals surface area contributed by atoms with Crippen molar-refractivity contribution in [2.24, 2.45) is 0 Å². The van der Waals surface area contributed by atoms with Crippen LogP contribution in [0.4, 0.5) is 10.5 Å². The zero-order valence-electron chi connectivity index (χ0n) is 16.9. The van der Waals surface area contributed by atoms with E-state index in [1.54, 1.807) is 6.20 Å². The Hall–Kier alpha value is -3.19. The maximum atomic E-state index is 12.3. The summed E-state index contributed by atoms with van der Waals surface area (Å²) in [6.45, 7) is 2.04. The molecule has 1 aliphatic rings. The molecule has 2 aromatic carbocycles. The third-order valence-electron chi connectivity index (χ3n) is 5.29. The molecule has 0 bridgehead atoms. The summed E-state index contributed by atoms with van der Waals surface area (Å²) in [6, 6.07) is 15.3. The number of nitrogens with one attached hydrogen (secondary N) is 2. The van der Waals surface area contributed by atoms with Gasteiger partial charge in [-0.15, -0.1) is 0 Å². The second kappa shape index (κ2) is 7.91. The number of aryl methyl sites for hydroxylation is 2. The number of pyridine rings is 1. The summed E-state index contributed by atoms with van der Waals surface area (Å²) in [5, 5.41) is 2.79. The van der Waals surface area contributed by atoms with E-state index in [0.29, 0.717) is 5.69 Å². The fourth-order valence-electron chi connectivity index (χ4n) is 3.96. The van der Waals surface area contributed by atoms with Crippen LogP contribution in [0.1, 0.15) is 23.1 Å². The van der Waals surface area contributed by atoms with Gasteiger partial charge in [0.2, 0.25) is 10.0 Å². The molecule has 0 saturated heterocycles. The van der Waals surface area contributed by atoms with Crippen LogP contribution in [0, 0.1) is 6.92 Å². The number of amides is 2. The van der Waals surface area contributed by atoms with Crippen LogP contribution in [0.25, 0.3) is 22.4 Å². The standard InChI is InChI=1S/C23H23N3O3S/c1-15-6-3-4-8-18(15)21-14-17(12-13-24-21)20-11-10-16-7-5-9-19(16)22(20)25-23(27)26-30(2,28)29/h3-4,6,8,10-14H,5,7,9H2,1-2H3,(H2,25,26,27). The van der Waals surface area contributed by atoms with Gasteiger partial charge in [-0.2, -0.15) is 0 Å². The lowest BCUT2D eigenvalue weighted by molar-refractivity contribution is 0.256. The van der Waals surface area contributed by atoms with Crippen molar-refractivity contribution >= 4 is 21.7 Å². The third-order valence-corrected chi connectivity index (χ3v) is 5.85. The summed E-state index contributed by atoms with van der Waals surface area (Å²) < 4.78 is 24.9. The summed E-state index contributed by atoms with van der Waals surface area (Å²) in [7, 11) is -3.65. The Labute approximate surface area is 176 Å². The molecule has 6 nitrogen and oxygen atoms in total. The number of sulfonamides is 1. The normalized spacial score (nSPS) is 13.0. The van der Waals surface area contributed by atoms with Gasteiger partial charge in [0.25, 0.3) is 0 Å². The fraction of sp³-hybridized carbons (Fsp3) is 0.217. The monoisotopic (exact) mass is 421 g/mol. The van der Waals surface area contributed by atoms with E-state index >= 15 is 0 Å². The molecule has 2 N–H and O–H groups in total. The molecular formula is C23H23N3O3S. The van der Waals surface area contributed by atoms with Gasteiger partial charge in [-0.1, -0.05) is 36.4 Å². The van der Waals surface area contributed by atoms with Crippen LogP contribution < -0.4 is 10.0 Å². The van der Waals surface area contributed by atoms with E-state index in [2.05, 4.69) is 16.4 Å². The van der Waals surface area contributed by atoms with E-state index < -0.39 is 16.1 Å². The predicted octanol–water partition coefficient (Wildman–Crippen LogP) is 4.29. The number of carbonyl (C=O) groups excluding carboxylic acids is 1. The minimum atomic E-state index is -3.65. The smallest absolute Gasteiger partial charge is 0.306 e. The molecule has 0 aliphatic heterocycles. The second-order valence-electron chi connectivity index (χ2n) is 7.55. The molecule has 1 heterocycles. The van der Waals surface area contributed by atoms with Crippen LogP contribution in [-0.2, 0) is 22.9 Å². The molecule has 2 amide bonds. The van der Waals surface area contributed by atoms with Crippen molar-refractivity contribution in [2.75, 3.05) is 11.6 Å². The Bertz CT molecular complexity index is 1240. The van der Waals surface area contributed by atoms with Crippen molar-refractivity contribution < 1.29 is 13.2 Å². The molecule has 0 unspecified atom stereocenters. The quantitative estimate of drug-likeness (QED) is 0.658. The number of rotatable bonds is 4. The van der Waals surface area contributed by atoms with Crippen molar-refractivity contribution in [3.8, 4) is 22.4 Å². The predicted molar refractivity (Wildman–Crippen MR) is 119 cm³/mol. The highest BCUT2D eigenvalue weighted by molar-refractivity contribution is 7.89. The Morgan fingerprint density at radius 1 is 1.03 bits per heavy atom. The summed E-state index contributed by atoms with van der Waals surface area (Å²) in [4.78, 5) is 16.9. The number of fused-ring (bicyclic) bond motifs is 1. The zero-order chi connectivity index (χ0) is 21.3. The summed E-state index contributed by atoms with van der Waals surface area (Å²) in [5.41, 5.74) is 7.67. The lowest BCUT2D eigenvalue weighted by Gasteiger charge is -2.17. The molecule has 4 rings (SSSR count). The van der Waals surface area contributed by atoms with Crippen LogP contribution in [0.3, 0.4) is 0 Å². The van der Waals surface area contributed by atoms with Gasteiger partial charge in [-0.25, -0.2) is 17.9 Å². The van der Waals surface area contributed by atoms with E-state index in [4.69, 9.17) is 0 Å². The lowest BCUT2D eigenvalue weighted by atomic mass is 9.96. The van der Waals surface area contributed by atoms with Crippen LogP contribution in [0.5, 0.6) is 0 Å². The number of carbonyl (C=O) groups is 1. The van der Waals surface area contributed by atoms with Gasteiger partial charge >= 0.3 is 6.03 Å². The number of nitrogens with zero attached hydrogens (tertiary/aromatic N) is 1. The van der Waals surface area contributed by atoms with Crippen molar-refractivity contribution in [1.29, 1.82) is 0 Å². The second-order valence-corrected chi connectivity index (χ2v) is 9.30. The van der Waals surface area contributed by atoms with Crippen molar-refractivity contribution in [2.45, 2.75) is 26.2 Å². The van der Waals surface area contributed by atoms with Crippen LogP contribution in [-0.4, -0.2) is 25.7 Å². The Kier molecular flexibility index (Phi) is 5.30. The van der Waals surface area contributed by atoms with Crippen LogP contribution >= 0.6 is 0 Å². The number of aromatic nitrogens is 1. The van der Waals surface area contributed by atoms with Gasteiger partial charge in [0, 0.05) is 17.3 Å². The number of anilines is 1. The number of hydrogen-bond donors (Lipinski definition) is 2. The first-order chi connectivity index (χ1) is 14.3. The highest BCUT2D eigenvalue weighted by Crippen LogP contribution is 2.38. The van der Waals surface area contributed by atoms with Crippen LogP contribution in [0.2, 0.25) is 0 Å². The van der Waals surface area contributed by atoms with E-state index in [1.807, 2.05) is 54.1 Å². The minimum Gasteiger partial charge on any atom is -0.306 e. The average Bonchev–Trinajstić information content (AvgIpc) is 3.16. The Morgan fingerprint density at radius 3 is 2.60 bits per heavy atom. The van der Waals surface area contributed by atoms with E-state index in [0.717, 1.165) is 59.0 Å². The molecule has 0 saturated carbocycles. The molecule has 1 aromatic heterocycles. The van der Waals surface area contributed by atoms with Crippen LogP contribution in [0.15, 0.2) is 54.7 Å². The molecule has 0 atom stereocenters. The molecule has 30 heavy (non-hydrogen) atoms. The van der Waals surface area contributed by atoms with E-state index in [1.165, 1.54) is 5.56 Å². The van der Waals surface area contributed by atoms with Crippen molar-refractivity contribution in [1.82, 2.24) is 9.71 Å². The van der Waals surface area contributed by atoms with E-state index in [-0.39, 0.29) is 0 Å². The molecule has 0 spiro atoms. The van der Waals surface area contributed by atoms with Gasteiger partial charge in [0.05, 0.1) is 17.6 Å². The SMILES string of the molecule is Cc1ccccc1-c1cc(-c2ccc3c(c2NC(=O)NS(C)(=O)=O)CCC3)ccn1. The first-order valence-electron chi connectivity index (χ1n) is 9.78. The van der Waals surface area contributed by atoms with Crippen molar-refractivity contribution in [3.63, 3.8) is 0 Å². The minimum absolute atomic E-state index is 0.660. The van der Waals surface area contributed by atoms with Gasteiger partial charge in [-0.05, 0) is 60.6 Å². The van der Waals surface area contributed by atoms with E-state index in [9.17, 15) is 13.2 Å². The zero-order valence-corrected chi connectivity index (χ0v) is 17.7. The highest BCUT2D eigenvalue weighted by Gasteiger charge is 2.21. The first kappa shape index (κ1) is 20.1. The molecule has 154 valence electrons. The first-order valence-corrected chi connectivity index (χ1v) is 11.7. The number of urea groups is 1. The number of hydrogen-bond acceptors (Lipinski definition) is 4. The lowest BCUT2D eigenvalue weighted by Crippen LogP contribution is -2.33. The van der Waals surface area contributed by atoms with Gasteiger partial charge < -0.3 is 5.32 Å². The molecular weight excluding hydrogens is 398 g/mol. The van der Waals surface area contributed by atoms with Gasteiger partial charge in [0.1, 0.15) is 0 Å². The highest BCUT2D eigenvalue weighted by atomic mass is 32.2. The molecule has 7 heteroatoms. The molecule has 0 radical (unpaired) electrons. The molecule has 0 fully saturated rings. The molecule has 3 aromatic rings. The number of benzene rings is 2. The average molecular weight is 422 g/mol. The summed E-state index contributed by atoms with van der Waals surface area (Å²) >= 11 is 0. The topological polar surface area (TPSA) is 88.2 Å². The Morgan fingerprint density at radius 2 is 1.83 bits per heavy atom.